The molecule has 0 atom stereocenters. The van der Waals surface area contributed by atoms with Crippen molar-refractivity contribution < 1.29 is 4.39 Å². The second-order valence-electron chi connectivity index (χ2n) is 3.65. The first-order valence-corrected chi connectivity index (χ1v) is 5.41. The molecular formula is C12H13FN4. The van der Waals surface area contributed by atoms with Crippen LogP contribution < -0.4 is 5.73 Å². The number of aryl methyl sites for hydroxylation is 1. The Balaban J connectivity index is 2.30. The molecule has 0 radical (unpaired) electrons. The second-order valence-corrected chi connectivity index (χ2v) is 3.65. The maximum Gasteiger partial charge on any atom is 0.223 e. The molecule has 0 saturated carbocycles. The third kappa shape index (κ3) is 2.75. The van der Waals surface area contributed by atoms with Gasteiger partial charge in [0.1, 0.15) is 17.5 Å². The fraction of sp³-hybridized carbons (Fsp3) is 0.250. The van der Waals surface area contributed by atoms with Crippen LogP contribution in [0.15, 0.2) is 24.3 Å². The Morgan fingerprint density at radius 2 is 1.82 bits per heavy atom. The van der Waals surface area contributed by atoms with Crippen LogP contribution in [0.2, 0.25) is 0 Å². The topological polar surface area (TPSA) is 64.7 Å². The monoisotopic (exact) mass is 232 g/mol. The molecule has 0 fully saturated rings. The molecule has 2 rings (SSSR count). The summed E-state index contributed by atoms with van der Waals surface area (Å²) in [6.07, 6.45) is 1.00. The first-order chi connectivity index (χ1) is 8.19. The highest BCUT2D eigenvalue weighted by molar-refractivity contribution is 5.23. The Morgan fingerprint density at radius 1 is 1.12 bits per heavy atom. The lowest BCUT2D eigenvalue weighted by atomic mass is 10.1. The number of hydrogen-bond acceptors (Lipinski definition) is 4. The minimum atomic E-state index is -0.260. The zero-order valence-electron chi connectivity index (χ0n) is 9.52. The van der Waals surface area contributed by atoms with E-state index in [1.165, 1.54) is 6.07 Å². The van der Waals surface area contributed by atoms with Crippen LogP contribution in [-0.4, -0.2) is 15.0 Å². The van der Waals surface area contributed by atoms with Gasteiger partial charge in [-0.05, 0) is 11.6 Å². The molecule has 88 valence electrons. The van der Waals surface area contributed by atoms with E-state index in [4.69, 9.17) is 5.73 Å². The summed E-state index contributed by atoms with van der Waals surface area (Å²) in [5, 5.41) is 0. The molecule has 17 heavy (non-hydrogen) atoms. The smallest absolute Gasteiger partial charge is 0.223 e. The van der Waals surface area contributed by atoms with E-state index in [1.54, 1.807) is 18.2 Å². The number of rotatable bonds is 3. The van der Waals surface area contributed by atoms with Crippen molar-refractivity contribution in [2.45, 2.75) is 19.8 Å². The summed E-state index contributed by atoms with van der Waals surface area (Å²) in [7, 11) is 0. The third-order valence-electron chi connectivity index (χ3n) is 2.37. The number of nitrogen functional groups attached to an aromatic ring is 1. The van der Waals surface area contributed by atoms with Gasteiger partial charge in [0.25, 0.3) is 0 Å². The van der Waals surface area contributed by atoms with Gasteiger partial charge in [0, 0.05) is 12.8 Å². The zero-order valence-corrected chi connectivity index (χ0v) is 9.52. The molecule has 1 heterocycles. The summed E-state index contributed by atoms with van der Waals surface area (Å²) in [5.74, 6) is 1.05. The number of nitrogens with two attached hydrogens (primary N) is 1. The minimum Gasteiger partial charge on any atom is -0.368 e. The molecule has 0 aliphatic carbocycles. The lowest BCUT2D eigenvalue weighted by Crippen LogP contribution is -2.07. The van der Waals surface area contributed by atoms with E-state index in [9.17, 15) is 4.39 Å². The van der Waals surface area contributed by atoms with Crippen LogP contribution in [-0.2, 0) is 12.8 Å². The molecule has 0 spiro atoms. The van der Waals surface area contributed by atoms with Crippen molar-refractivity contribution in [1.82, 2.24) is 15.0 Å². The Kier molecular flexibility index (Phi) is 3.27. The van der Waals surface area contributed by atoms with Crippen LogP contribution in [0.25, 0.3) is 0 Å². The summed E-state index contributed by atoms with van der Waals surface area (Å²) in [5.41, 5.74) is 6.13. The number of benzene rings is 1. The van der Waals surface area contributed by atoms with E-state index in [1.807, 2.05) is 6.92 Å². The molecule has 2 aromatic rings. The van der Waals surface area contributed by atoms with Crippen molar-refractivity contribution in [3.63, 3.8) is 0 Å². The van der Waals surface area contributed by atoms with Gasteiger partial charge < -0.3 is 5.73 Å². The Morgan fingerprint density at radius 3 is 2.53 bits per heavy atom. The van der Waals surface area contributed by atoms with E-state index in [2.05, 4.69) is 15.0 Å². The van der Waals surface area contributed by atoms with E-state index < -0.39 is 0 Å². The van der Waals surface area contributed by atoms with E-state index in [0.29, 0.717) is 30.1 Å². The maximum atomic E-state index is 13.5. The van der Waals surface area contributed by atoms with Crippen molar-refractivity contribution >= 4 is 5.95 Å². The predicted octanol–water partition coefficient (Wildman–Crippen LogP) is 1.75. The average Bonchev–Trinajstić information content (AvgIpc) is 2.31. The van der Waals surface area contributed by atoms with E-state index >= 15 is 0 Å². The van der Waals surface area contributed by atoms with Crippen LogP contribution >= 0.6 is 0 Å². The predicted molar refractivity (Wildman–Crippen MR) is 62.8 cm³/mol. The second kappa shape index (κ2) is 4.86. The number of hydrogen-bond donors (Lipinski definition) is 1. The lowest BCUT2D eigenvalue weighted by molar-refractivity contribution is 0.611. The van der Waals surface area contributed by atoms with Crippen molar-refractivity contribution in [3.8, 4) is 0 Å². The van der Waals surface area contributed by atoms with Crippen LogP contribution in [0.1, 0.15) is 24.1 Å². The van der Waals surface area contributed by atoms with Gasteiger partial charge in [-0.3, -0.25) is 0 Å². The average molecular weight is 232 g/mol. The van der Waals surface area contributed by atoms with Crippen LogP contribution in [0.4, 0.5) is 10.3 Å². The number of anilines is 1. The quantitative estimate of drug-likeness (QED) is 0.875. The van der Waals surface area contributed by atoms with Crippen molar-refractivity contribution in [2.75, 3.05) is 5.73 Å². The van der Waals surface area contributed by atoms with Gasteiger partial charge in [-0.2, -0.15) is 9.97 Å². The third-order valence-corrected chi connectivity index (χ3v) is 2.37. The first kappa shape index (κ1) is 11.4. The highest BCUT2D eigenvalue weighted by atomic mass is 19.1. The van der Waals surface area contributed by atoms with Crippen LogP contribution in [0, 0.1) is 5.82 Å². The fourth-order valence-corrected chi connectivity index (χ4v) is 1.54. The first-order valence-electron chi connectivity index (χ1n) is 5.41. The molecule has 1 aromatic carbocycles. The highest BCUT2D eigenvalue weighted by Gasteiger charge is 2.07. The highest BCUT2D eigenvalue weighted by Crippen LogP contribution is 2.11. The van der Waals surface area contributed by atoms with Gasteiger partial charge in [-0.25, -0.2) is 9.37 Å². The molecule has 4 nitrogen and oxygen atoms in total. The molecule has 0 unspecified atom stereocenters. The van der Waals surface area contributed by atoms with Gasteiger partial charge in [0.15, 0.2) is 0 Å². The normalized spacial score (nSPS) is 10.5. The minimum absolute atomic E-state index is 0.184. The van der Waals surface area contributed by atoms with Gasteiger partial charge in [0.2, 0.25) is 5.95 Å². The molecule has 0 aliphatic heterocycles. The Bertz CT molecular complexity index is 528. The number of halogens is 1. The fourth-order valence-electron chi connectivity index (χ4n) is 1.54. The Labute approximate surface area is 98.7 Å². The number of nitrogens with zero attached hydrogens (tertiary/aromatic N) is 3. The molecule has 0 amide bonds. The lowest BCUT2D eigenvalue weighted by Gasteiger charge is -2.04. The molecule has 2 N–H and O–H groups in total. The largest absolute Gasteiger partial charge is 0.368 e. The molecular weight excluding hydrogens is 219 g/mol. The van der Waals surface area contributed by atoms with Crippen molar-refractivity contribution in [2.24, 2.45) is 0 Å². The number of aromatic nitrogens is 3. The van der Waals surface area contributed by atoms with Crippen LogP contribution in [0.3, 0.4) is 0 Å². The molecule has 0 bridgehead atoms. The van der Waals surface area contributed by atoms with Crippen molar-refractivity contribution in [3.05, 3.63) is 47.3 Å². The molecule has 0 saturated heterocycles. The summed E-state index contributed by atoms with van der Waals surface area (Å²) < 4.78 is 13.5. The molecule has 5 heteroatoms. The standard InChI is InChI=1S/C12H13FN4/c1-2-10-15-11(17-12(14)16-10)7-8-5-3-4-6-9(8)13/h3-6H,2,7H2,1H3,(H2,14,15,16,17). The zero-order chi connectivity index (χ0) is 12.3. The van der Waals surface area contributed by atoms with Crippen LogP contribution in [0.5, 0.6) is 0 Å². The summed E-state index contributed by atoms with van der Waals surface area (Å²) in [6.45, 7) is 1.93. The SMILES string of the molecule is CCc1nc(N)nc(Cc2ccccc2F)n1. The maximum absolute atomic E-state index is 13.5. The van der Waals surface area contributed by atoms with Gasteiger partial charge in [-0.1, -0.05) is 25.1 Å². The summed E-state index contributed by atoms with van der Waals surface area (Å²) in [4.78, 5) is 12.2. The van der Waals surface area contributed by atoms with Gasteiger partial charge in [-0.15, -0.1) is 0 Å². The molecule has 0 aliphatic rings. The summed E-state index contributed by atoms with van der Waals surface area (Å²) >= 11 is 0. The summed E-state index contributed by atoms with van der Waals surface area (Å²) in [6, 6.07) is 6.56. The van der Waals surface area contributed by atoms with Gasteiger partial charge in [0.05, 0.1) is 0 Å². The van der Waals surface area contributed by atoms with Crippen molar-refractivity contribution in [1.29, 1.82) is 0 Å². The van der Waals surface area contributed by atoms with E-state index in [-0.39, 0.29) is 11.8 Å². The van der Waals surface area contributed by atoms with E-state index in [0.717, 1.165) is 0 Å². The Hall–Kier alpha value is -2.04. The van der Waals surface area contributed by atoms with Gasteiger partial charge >= 0.3 is 0 Å². The molecule has 1 aromatic heterocycles.